The first-order chi connectivity index (χ1) is 13.3. The average Bonchev–Trinajstić information content (AvgIpc) is 2.63. The van der Waals surface area contributed by atoms with Gasteiger partial charge in [-0.1, -0.05) is 61.3 Å². The highest BCUT2D eigenvalue weighted by atomic mass is 16.1. The van der Waals surface area contributed by atoms with Crippen LogP contribution in [0, 0.1) is 34.5 Å². The van der Waals surface area contributed by atoms with E-state index >= 15 is 0 Å². The van der Waals surface area contributed by atoms with E-state index in [0.717, 1.165) is 32.0 Å². The molecule has 170 valence electrons. The SMILES string of the molecule is CCC(C)C(CC=O)CC(CCC(C)C(C)CC(C)(C)CC)(CC(C)=O)C(C)=O. The van der Waals surface area contributed by atoms with E-state index in [-0.39, 0.29) is 17.5 Å². The zero-order valence-electron chi connectivity index (χ0n) is 20.8. The summed E-state index contributed by atoms with van der Waals surface area (Å²) < 4.78 is 0. The molecule has 0 radical (unpaired) electrons. The number of hydrogen-bond acceptors (Lipinski definition) is 3. The first-order valence-corrected chi connectivity index (χ1v) is 11.8. The maximum absolute atomic E-state index is 12.9. The number of ketones is 2. The molecule has 0 N–H and O–H groups in total. The third-order valence-corrected chi connectivity index (χ3v) is 7.72. The summed E-state index contributed by atoms with van der Waals surface area (Å²) in [5.41, 5.74) is -0.298. The fourth-order valence-electron chi connectivity index (χ4n) is 4.66. The zero-order chi connectivity index (χ0) is 22.8. The standard InChI is InChI=1S/C26H48O3/c1-10-19(3)24(13-15-27)18-26(23(7)29,17-22(6)28)14-12-20(4)21(5)16-25(8,9)11-2/h15,19-21,24H,10-14,16-18H2,1-9H3. The molecule has 0 saturated heterocycles. The summed E-state index contributed by atoms with van der Waals surface area (Å²) in [5, 5.41) is 0. The second-order valence-electron chi connectivity index (χ2n) is 10.7. The van der Waals surface area contributed by atoms with Crippen molar-refractivity contribution in [3.63, 3.8) is 0 Å². The highest BCUT2D eigenvalue weighted by Crippen LogP contribution is 2.43. The Bertz CT molecular complexity index is 522. The molecule has 0 heterocycles. The fourth-order valence-corrected chi connectivity index (χ4v) is 4.66. The lowest BCUT2D eigenvalue weighted by atomic mass is 9.65. The molecule has 5 unspecified atom stereocenters. The van der Waals surface area contributed by atoms with Crippen molar-refractivity contribution in [2.75, 3.05) is 0 Å². The van der Waals surface area contributed by atoms with Crippen LogP contribution >= 0.6 is 0 Å². The van der Waals surface area contributed by atoms with Crippen molar-refractivity contribution in [2.24, 2.45) is 34.5 Å². The molecule has 0 amide bonds. The molecule has 0 aromatic heterocycles. The van der Waals surface area contributed by atoms with Gasteiger partial charge in [-0.2, -0.15) is 0 Å². The van der Waals surface area contributed by atoms with Gasteiger partial charge in [-0.25, -0.2) is 0 Å². The fraction of sp³-hybridized carbons (Fsp3) is 0.885. The molecule has 0 spiro atoms. The van der Waals surface area contributed by atoms with E-state index in [1.807, 2.05) is 0 Å². The Morgan fingerprint density at radius 2 is 1.52 bits per heavy atom. The van der Waals surface area contributed by atoms with Crippen molar-refractivity contribution in [3.05, 3.63) is 0 Å². The molecular weight excluding hydrogens is 360 g/mol. The molecule has 0 aliphatic heterocycles. The predicted octanol–water partition coefficient (Wildman–Crippen LogP) is 7.06. The quantitative estimate of drug-likeness (QED) is 0.257. The van der Waals surface area contributed by atoms with Gasteiger partial charge in [-0.3, -0.25) is 9.59 Å². The molecular formula is C26H48O3. The van der Waals surface area contributed by atoms with E-state index < -0.39 is 5.41 Å². The predicted molar refractivity (Wildman–Crippen MR) is 123 cm³/mol. The molecule has 0 aromatic rings. The third-order valence-electron chi connectivity index (χ3n) is 7.72. The third kappa shape index (κ3) is 9.57. The lowest BCUT2D eigenvalue weighted by Crippen LogP contribution is -2.36. The van der Waals surface area contributed by atoms with Crippen LogP contribution in [0.15, 0.2) is 0 Å². The van der Waals surface area contributed by atoms with Crippen LogP contribution in [0.25, 0.3) is 0 Å². The smallest absolute Gasteiger partial charge is 0.136 e. The zero-order valence-corrected chi connectivity index (χ0v) is 20.8. The molecule has 3 heteroatoms. The minimum atomic E-state index is -0.628. The molecule has 0 aliphatic rings. The lowest BCUT2D eigenvalue weighted by Gasteiger charge is -2.37. The van der Waals surface area contributed by atoms with Gasteiger partial charge in [0.1, 0.15) is 17.9 Å². The molecule has 0 saturated carbocycles. The highest BCUT2D eigenvalue weighted by Gasteiger charge is 2.40. The van der Waals surface area contributed by atoms with Crippen LogP contribution in [0.1, 0.15) is 114 Å². The van der Waals surface area contributed by atoms with Crippen LogP contribution in [-0.2, 0) is 14.4 Å². The molecule has 0 rings (SSSR count). The summed E-state index contributed by atoms with van der Waals surface area (Å²) in [6.07, 6.45) is 7.40. The Morgan fingerprint density at radius 1 is 0.931 bits per heavy atom. The largest absolute Gasteiger partial charge is 0.303 e. The van der Waals surface area contributed by atoms with E-state index in [1.54, 1.807) is 13.8 Å². The lowest BCUT2D eigenvalue weighted by molar-refractivity contribution is -0.134. The number of carbonyl (C=O) groups is 3. The Hall–Kier alpha value is -0.990. The van der Waals surface area contributed by atoms with Crippen molar-refractivity contribution in [2.45, 2.75) is 114 Å². The van der Waals surface area contributed by atoms with E-state index in [4.69, 9.17) is 0 Å². The van der Waals surface area contributed by atoms with Crippen LogP contribution in [-0.4, -0.2) is 17.9 Å². The molecule has 0 fully saturated rings. The minimum absolute atomic E-state index is 0.0713. The van der Waals surface area contributed by atoms with Crippen molar-refractivity contribution < 1.29 is 14.4 Å². The number of hydrogen-bond donors (Lipinski definition) is 0. The normalized spacial score (nSPS) is 18.4. The van der Waals surface area contributed by atoms with Gasteiger partial charge in [0, 0.05) is 18.3 Å². The van der Waals surface area contributed by atoms with Crippen LogP contribution in [0.4, 0.5) is 0 Å². The van der Waals surface area contributed by atoms with Crippen LogP contribution in [0.2, 0.25) is 0 Å². The van der Waals surface area contributed by atoms with E-state index in [0.29, 0.717) is 42.4 Å². The van der Waals surface area contributed by atoms with Gasteiger partial charge in [0.2, 0.25) is 0 Å². The Kier molecular flexibility index (Phi) is 12.2. The maximum Gasteiger partial charge on any atom is 0.136 e. The van der Waals surface area contributed by atoms with E-state index in [9.17, 15) is 14.4 Å². The van der Waals surface area contributed by atoms with Gasteiger partial charge in [-0.15, -0.1) is 0 Å². The minimum Gasteiger partial charge on any atom is -0.303 e. The Balaban J connectivity index is 5.52. The van der Waals surface area contributed by atoms with Crippen molar-refractivity contribution >= 4 is 17.9 Å². The maximum atomic E-state index is 12.9. The number of aldehydes is 1. The summed E-state index contributed by atoms with van der Waals surface area (Å²) in [6.45, 7) is 19.0. The van der Waals surface area contributed by atoms with Gasteiger partial charge in [0.25, 0.3) is 0 Å². The van der Waals surface area contributed by atoms with Crippen molar-refractivity contribution in [1.82, 2.24) is 0 Å². The van der Waals surface area contributed by atoms with Gasteiger partial charge in [-0.05, 0) is 68.6 Å². The van der Waals surface area contributed by atoms with Crippen molar-refractivity contribution in [3.8, 4) is 0 Å². The first kappa shape index (κ1) is 28.0. The summed E-state index contributed by atoms with van der Waals surface area (Å²) in [4.78, 5) is 36.3. The Labute approximate surface area is 180 Å². The second-order valence-corrected chi connectivity index (χ2v) is 10.7. The Morgan fingerprint density at radius 3 is 1.93 bits per heavy atom. The van der Waals surface area contributed by atoms with Crippen LogP contribution in [0.5, 0.6) is 0 Å². The van der Waals surface area contributed by atoms with Crippen LogP contribution in [0.3, 0.4) is 0 Å². The molecule has 0 aromatic carbocycles. The van der Waals surface area contributed by atoms with Crippen molar-refractivity contribution in [1.29, 1.82) is 0 Å². The van der Waals surface area contributed by atoms with E-state index in [2.05, 4.69) is 48.5 Å². The number of carbonyl (C=O) groups excluding carboxylic acids is 3. The highest BCUT2D eigenvalue weighted by molar-refractivity contribution is 5.88. The summed E-state index contributed by atoms with van der Waals surface area (Å²) in [6, 6.07) is 0. The van der Waals surface area contributed by atoms with Gasteiger partial charge in [0.05, 0.1) is 0 Å². The number of rotatable bonds is 16. The molecule has 0 bridgehead atoms. The van der Waals surface area contributed by atoms with Gasteiger partial charge < -0.3 is 4.79 Å². The van der Waals surface area contributed by atoms with Crippen LogP contribution < -0.4 is 0 Å². The molecule has 29 heavy (non-hydrogen) atoms. The summed E-state index contributed by atoms with van der Waals surface area (Å²) in [5.74, 6) is 1.79. The number of Topliss-reactive ketones (excluding diaryl/α,β-unsaturated/α-hetero) is 2. The molecule has 0 aliphatic carbocycles. The molecule has 3 nitrogen and oxygen atoms in total. The monoisotopic (exact) mass is 408 g/mol. The molecule has 5 atom stereocenters. The first-order valence-electron chi connectivity index (χ1n) is 11.8. The van der Waals surface area contributed by atoms with Gasteiger partial charge in [0.15, 0.2) is 0 Å². The van der Waals surface area contributed by atoms with E-state index in [1.165, 1.54) is 6.42 Å². The summed E-state index contributed by atoms with van der Waals surface area (Å²) in [7, 11) is 0. The summed E-state index contributed by atoms with van der Waals surface area (Å²) >= 11 is 0. The average molecular weight is 409 g/mol. The topological polar surface area (TPSA) is 51.2 Å². The second kappa shape index (κ2) is 12.6. The van der Waals surface area contributed by atoms with Gasteiger partial charge >= 0.3 is 0 Å².